The number of ether oxygens (including phenoxy) is 2. The van der Waals surface area contributed by atoms with E-state index < -0.39 is 17.3 Å². The molecule has 0 saturated carbocycles. The maximum atomic E-state index is 14.7. The van der Waals surface area contributed by atoms with Gasteiger partial charge in [0.15, 0.2) is 11.3 Å². The minimum atomic E-state index is -0.837. The van der Waals surface area contributed by atoms with Crippen LogP contribution in [0.15, 0.2) is 45.6 Å². The van der Waals surface area contributed by atoms with Crippen molar-refractivity contribution in [2.75, 3.05) is 32.1 Å². The molecule has 0 bridgehead atoms. The molecule has 8 nitrogen and oxygen atoms in total. The van der Waals surface area contributed by atoms with Gasteiger partial charge in [0.1, 0.15) is 11.4 Å². The van der Waals surface area contributed by atoms with E-state index in [4.69, 9.17) is 13.9 Å². The van der Waals surface area contributed by atoms with Gasteiger partial charge in [0.25, 0.3) is 5.91 Å². The van der Waals surface area contributed by atoms with Gasteiger partial charge in [-0.1, -0.05) is 6.07 Å². The number of nitrogens with one attached hydrogen (secondary N) is 3. The highest BCUT2D eigenvalue weighted by Crippen LogP contribution is 2.36. The summed E-state index contributed by atoms with van der Waals surface area (Å²) in [4.78, 5) is 25.4. The minimum Gasteiger partial charge on any atom is -0.493 e. The Morgan fingerprint density at radius 2 is 2.03 bits per heavy atom. The van der Waals surface area contributed by atoms with Crippen molar-refractivity contribution < 1.29 is 23.1 Å². The predicted octanol–water partition coefficient (Wildman–Crippen LogP) is 3.21. The van der Waals surface area contributed by atoms with E-state index in [0.717, 1.165) is 13.1 Å². The maximum Gasteiger partial charge on any atom is 0.349 e. The number of methoxy groups -OCH3 is 1. The van der Waals surface area contributed by atoms with E-state index >= 15 is 0 Å². The van der Waals surface area contributed by atoms with Crippen LogP contribution in [0.4, 0.5) is 10.1 Å². The zero-order chi connectivity index (χ0) is 23.5. The number of amides is 1. The topological polar surface area (TPSA) is 102 Å². The third-order valence-electron chi connectivity index (χ3n) is 5.31. The molecular weight excluding hydrogens is 429 g/mol. The monoisotopic (exact) mass is 455 g/mol. The average Bonchev–Trinajstić information content (AvgIpc) is 2.79. The molecule has 4 rings (SSSR count). The first-order valence-corrected chi connectivity index (χ1v) is 10.7. The van der Waals surface area contributed by atoms with Crippen molar-refractivity contribution >= 4 is 22.6 Å². The first-order chi connectivity index (χ1) is 15.9. The Morgan fingerprint density at radius 3 is 2.70 bits per heavy atom. The number of piperazine rings is 1. The molecule has 3 N–H and O–H groups in total. The Labute approximate surface area is 190 Å². The second-order valence-electron chi connectivity index (χ2n) is 8.03. The maximum absolute atomic E-state index is 14.7. The highest BCUT2D eigenvalue weighted by Gasteiger charge is 2.21. The van der Waals surface area contributed by atoms with Gasteiger partial charge in [-0.15, -0.1) is 0 Å². The first-order valence-electron chi connectivity index (χ1n) is 10.7. The smallest absolute Gasteiger partial charge is 0.349 e. The molecule has 1 amide bonds. The average molecular weight is 455 g/mol. The van der Waals surface area contributed by atoms with Crippen LogP contribution in [0.1, 0.15) is 35.8 Å². The predicted molar refractivity (Wildman–Crippen MR) is 123 cm³/mol. The van der Waals surface area contributed by atoms with Gasteiger partial charge >= 0.3 is 5.63 Å². The molecule has 0 aliphatic carbocycles. The number of rotatable bonds is 6. The summed E-state index contributed by atoms with van der Waals surface area (Å²) in [6.07, 6.45) is -0.185. The van der Waals surface area contributed by atoms with Gasteiger partial charge in [0, 0.05) is 42.3 Å². The minimum absolute atomic E-state index is 0.143. The highest BCUT2D eigenvalue weighted by molar-refractivity contribution is 6.05. The zero-order valence-corrected chi connectivity index (χ0v) is 18.7. The third kappa shape index (κ3) is 4.84. The molecule has 2 aromatic carbocycles. The van der Waals surface area contributed by atoms with Crippen LogP contribution in [0.2, 0.25) is 0 Å². The fraction of sp³-hybridized carbons (Fsp3) is 0.333. The van der Waals surface area contributed by atoms with Crippen LogP contribution < -0.4 is 31.0 Å². The molecule has 174 valence electrons. The van der Waals surface area contributed by atoms with Crippen LogP contribution >= 0.6 is 0 Å². The largest absolute Gasteiger partial charge is 0.493 e. The van der Waals surface area contributed by atoms with E-state index in [1.54, 1.807) is 24.3 Å². The van der Waals surface area contributed by atoms with Crippen LogP contribution in [0.3, 0.4) is 0 Å². The van der Waals surface area contributed by atoms with E-state index in [1.165, 1.54) is 19.2 Å². The summed E-state index contributed by atoms with van der Waals surface area (Å²) in [5.41, 5.74) is -0.101. The van der Waals surface area contributed by atoms with Crippen LogP contribution in [-0.2, 0) is 0 Å². The summed E-state index contributed by atoms with van der Waals surface area (Å²) in [7, 11) is 1.49. The Hall–Kier alpha value is -3.43. The molecule has 33 heavy (non-hydrogen) atoms. The van der Waals surface area contributed by atoms with Gasteiger partial charge in [-0.2, -0.15) is 0 Å². The lowest BCUT2D eigenvalue weighted by atomic mass is 10.0. The highest BCUT2D eigenvalue weighted by atomic mass is 19.1. The summed E-state index contributed by atoms with van der Waals surface area (Å²) in [5, 5.41) is 9.53. The fourth-order valence-electron chi connectivity index (χ4n) is 3.77. The van der Waals surface area contributed by atoms with Crippen LogP contribution in [0.5, 0.6) is 11.5 Å². The van der Waals surface area contributed by atoms with Crippen molar-refractivity contribution in [2.24, 2.45) is 0 Å². The van der Waals surface area contributed by atoms with Crippen molar-refractivity contribution in [1.29, 1.82) is 0 Å². The second-order valence-corrected chi connectivity index (χ2v) is 8.03. The summed E-state index contributed by atoms with van der Waals surface area (Å²) in [5.74, 6) is -0.438. The van der Waals surface area contributed by atoms with Crippen molar-refractivity contribution in [1.82, 2.24) is 10.6 Å². The lowest BCUT2D eigenvalue weighted by Crippen LogP contribution is -2.42. The summed E-state index contributed by atoms with van der Waals surface area (Å²) in [6.45, 7) is 5.87. The number of carbonyl (C=O) groups excluding carboxylic acids is 1. The van der Waals surface area contributed by atoms with Crippen LogP contribution in [0.25, 0.3) is 11.0 Å². The molecule has 9 heteroatoms. The number of anilines is 1. The molecular formula is C24H26FN3O5. The fourth-order valence-corrected chi connectivity index (χ4v) is 3.77. The molecule has 0 spiro atoms. The zero-order valence-electron chi connectivity index (χ0n) is 18.7. The standard InChI is InChI=1S/C24H26FN3O5/c1-13(2)32-22-20(31-3)7-4-14-10-17(24(30)33-21(14)22)23(29)28-15-5-6-16(18(25)11-15)19-12-26-8-9-27-19/h4-7,10-11,13,19,26-27H,8-9,12H2,1-3H3,(H,28,29)/t19-/m1/s1. The second kappa shape index (κ2) is 9.60. The van der Waals surface area contributed by atoms with E-state index in [-0.39, 0.29) is 34.7 Å². The Balaban J connectivity index is 1.61. The number of hydrogen-bond acceptors (Lipinski definition) is 7. The molecule has 1 aliphatic rings. The van der Waals surface area contributed by atoms with E-state index in [9.17, 15) is 14.0 Å². The molecule has 1 aliphatic heterocycles. The molecule has 0 unspecified atom stereocenters. The lowest BCUT2D eigenvalue weighted by Gasteiger charge is -2.25. The van der Waals surface area contributed by atoms with E-state index in [2.05, 4.69) is 16.0 Å². The summed E-state index contributed by atoms with van der Waals surface area (Å²) in [6, 6.07) is 9.09. The normalized spacial score (nSPS) is 16.1. The number of benzene rings is 2. The molecule has 2 heterocycles. The van der Waals surface area contributed by atoms with Crippen LogP contribution in [-0.4, -0.2) is 38.8 Å². The van der Waals surface area contributed by atoms with Gasteiger partial charge in [-0.3, -0.25) is 4.79 Å². The number of fused-ring (bicyclic) bond motifs is 1. The summed E-state index contributed by atoms with van der Waals surface area (Å²) >= 11 is 0. The van der Waals surface area contributed by atoms with Gasteiger partial charge in [0.05, 0.1) is 13.2 Å². The summed E-state index contributed by atoms with van der Waals surface area (Å²) < 4.78 is 31.2. The molecule has 1 atom stereocenters. The number of hydrogen-bond donors (Lipinski definition) is 3. The number of carbonyl (C=O) groups is 1. The quantitative estimate of drug-likeness (QED) is 0.491. The van der Waals surface area contributed by atoms with Crippen LogP contribution in [0, 0.1) is 5.82 Å². The van der Waals surface area contributed by atoms with Crippen molar-refractivity contribution in [3.63, 3.8) is 0 Å². The Bertz CT molecular complexity index is 1230. The van der Waals surface area contributed by atoms with Gasteiger partial charge in [-0.25, -0.2) is 9.18 Å². The van der Waals surface area contributed by atoms with E-state index in [0.29, 0.717) is 23.2 Å². The molecule has 1 saturated heterocycles. The molecule has 0 radical (unpaired) electrons. The third-order valence-corrected chi connectivity index (χ3v) is 5.31. The van der Waals surface area contributed by atoms with Crippen molar-refractivity contribution in [3.05, 3.63) is 63.8 Å². The molecule has 3 aromatic rings. The lowest BCUT2D eigenvalue weighted by molar-refractivity contribution is 0.102. The van der Waals surface area contributed by atoms with Gasteiger partial charge < -0.3 is 29.8 Å². The van der Waals surface area contributed by atoms with Gasteiger partial charge in [0.2, 0.25) is 5.75 Å². The number of halogens is 1. The van der Waals surface area contributed by atoms with Crippen molar-refractivity contribution in [3.8, 4) is 11.5 Å². The van der Waals surface area contributed by atoms with Gasteiger partial charge in [-0.05, 0) is 44.2 Å². The SMILES string of the molecule is COc1ccc2cc(C(=O)Nc3ccc([C@H]4CNCCN4)c(F)c3)c(=O)oc2c1OC(C)C. The van der Waals surface area contributed by atoms with Crippen molar-refractivity contribution in [2.45, 2.75) is 26.0 Å². The molecule has 1 fully saturated rings. The molecule has 1 aromatic heterocycles. The Kier molecular flexibility index (Phi) is 6.62. The Morgan fingerprint density at radius 1 is 1.21 bits per heavy atom. The first kappa shape index (κ1) is 22.8. The van der Waals surface area contributed by atoms with E-state index in [1.807, 2.05) is 13.8 Å².